The fourth-order valence-corrected chi connectivity index (χ4v) is 2.70. The number of carbonyl (C=O) groups is 1. The Bertz CT molecular complexity index is 412. The Balaban J connectivity index is 1.39. The molecule has 2 saturated carbocycles. The molecule has 19 heavy (non-hydrogen) atoms. The van der Waals surface area contributed by atoms with Gasteiger partial charge in [0.05, 0.1) is 0 Å². The van der Waals surface area contributed by atoms with Crippen LogP contribution >= 0.6 is 0 Å². The van der Waals surface area contributed by atoms with Crippen molar-refractivity contribution in [1.29, 1.82) is 0 Å². The molecule has 0 heterocycles. The molecule has 2 aliphatic carbocycles. The second-order valence-corrected chi connectivity index (χ2v) is 5.84. The van der Waals surface area contributed by atoms with Gasteiger partial charge < -0.3 is 10.6 Å². The first-order chi connectivity index (χ1) is 9.33. The summed E-state index contributed by atoms with van der Waals surface area (Å²) in [6, 6.07) is 10.7. The Morgan fingerprint density at radius 3 is 2.32 bits per heavy atom. The van der Waals surface area contributed by atoms with Gasteiger partial charge in [-0.25, -0.2) is 4.79 Å². The topological polar surface area (TPSA) is 41.1 Å². The lowest BCUT2D eigenvalue weighted by Crippen LogP contribution is -2.44. The Hall–Kier alpha value is -1.51. The van der Waals surface area contributed by atoms with Crippen molar-refractivity contribution < 1.29 is 4.79 Å². The van der Waals surface area contributed by atoms with Gasteiger partial charge in [0, 0.05) is 12.6 Å². The lowest BCUT2D eigenvalue weighted by Gasteiger charge is -2.18. The second kappa shape index (κ2) is 5.64. The fourth-order valence-electron chi connectivity index (χ4n) is 2.70. The number of urea groups is 1. The molecule has 2 N–H and O–H groups in total. The van der Waals surface area contributed by atoms with E-state index in [1.54, 1.807) is 0 Å². The third kappa shape index (κ3) is 3.72. The molecule has 1 aromatic rings. The van der Waals surface area contributed by atoms with Gasteiger partial charge in [-0.05, 0) is 49.5 Å². The van der Waals surface area contributed by atoms with Gasteiger partial charge in [-0.2, -0.15) is 0 Å². The molecule has 3 nitrogen and oxygen atoms in total. The SMILES string of the molecule is O=C(NCCc1ccccc1)NC(C1CC1)C1CC1. The predicted molar refractivity (Wildman–Crippen MR) is 75.9 cm³/mol. The van der Waals surface area contributed by atoms with Gasteiger partial charge in [-0.3, -0.25) is 0 Å². The van der Waals surface area contributed by atoms with Crippen molar-refractivity contribution in [3.63, 3.8) is 0 Å². The quantitative estimate of drug-likeness (QED) is 0.809. The van der Waals surface area contributed by atoms with Crippen LogP contribution in [0.25, 0.3) is 0 Å². The maximum absolute atomic E-state index is 11.9. The summed E-state index contributed by atoms with van der Waals surface area (Å²) in [7, 11) is 0. The Morgan fingerprint density at radius 1 is 1.11 bits per heavy atom. The molecule has 3 rings (SSSR count). The molecule has 3 heteroatoms. The summed E-state index contributed by atoms with van der Waals surface area (Å²) in [4.78, 5) is 11.9. The van der Waals surface area contributed by atoms with Crippen LogP contribution in [0.5, 0.6) is 0 Å². The van der Waals surface area contributed by atoms with Crippen LogP contribution < -0.4 is 10.6 Å². The first kappa shape index (κ1) is 12.5. The van der Waals surface area contributed by atoms with E-state index in [-0.39, 0.29) is 6.03 Å². The van der Waals surface area contributed by atoms with E-state index < -0.39 is 0 Å². The summed E-state index contributed by atoms with van der Waals surface area (Å²) in [6.07, 6.45) is 6.08. The minimum Gasteiger partial charge on any atom is -0.338 e. The number of nitrogens with one attached hydrogen (secondary N) is 2. The summed E-state index contributed by atoms with van der Waals surface area (Å²) in [5, 5.41) is 6.15. The van der Waals surface area contributed by atoms with E-state index in [0.29, 0.717) is 12.6 Å². The second-order valence-electron chi connectivity index (χ2n) is 5.84. The van der Waals surface area contributed by atoms with Crippen LogP contribution in [-0.2, 0) is 6.42 Å². The highest BCUT2D eigenvalue weighted by atomic mass is 16.2. The molecule has 2 fully saturated rings. The van der Waals surface area contributed by atoms with Crippen LogP contribution in [0.15, 0.2) is 30.3 Å². The molecule has 0 atom stereocenters. The first-order valence-electron chi connectivity index (χ1n) is 7.41. The van der Waals surface area contributed by atoms with Gasteiger partial charge in [-0.15, -0.1) is 0 Å². The van der Waals surface area contributed by atoms with Crippen molar-refractivity contribution >= 4 is 6.03 Å². The number of rotatable bonds is 6. The summed E-state index contributed by atoms with van der Waals surface area (Å²) in [5.41, 5.74) is 1.27. The minimum atomic E-state index is 0.0136. The van der Waals surface area contributed by atoms with Gasteiger partial charge >= 0.3 is 6.03 Å². The number of hydrogen-bond acceptors (Lipinski definition) is 1. The number of hydrogen-bond donors (Lipinski definition) is 2. The van der Waals surface area contributed by atoms with E-state index in [9.17, 15) is 4.79 Å². The van der Waals surface area contributed by atoms with Crippen LogP contribution in [0.1, 0.15) is 31.2 Å². The van der Waals surface area contributed by atoms with Crippen molar-refractivity contribution in [2.24, 2.45) is 11.8 Å². The molecule has 0 spiro atoms. The van der Waals surface area contributed by atoms with Gasteiger partial charge in [0.25, 0.3) is 0 Å². The van der Waals surface area contributed by atoms with Crippen LogP contribution in [-0.4, -0.2) is 18.6 Å². The van der Waals surface area contributed by atoms with Gasteiger partial charge in [-0.1, -0.05) is 30.3 Å². The molecule has 0 aliphatic heterocycles. The number of carbonyl (C=O) groups excluding carboxylic acids is 1. The van der Waals surface area contributed by atoms with E-state index in [4.69, 9.17) is 0 Å². The molecule has 2 amide bonds. The molecule has 0 saturated heterocycles. The van der Waals surface area contributed by atoms with Crippen molar-refractivity contribution in [1.82, 2.24) is 10.6 Å². The summed E-state index contributed by atoms with van der Waals surface area (Å²) in [6.45, 7) is 0.706. The highest BCUT2D eigenvalue weighted by molar-refractivity contribution is 5.74. The molecular weight excluding hydrogens is 236 g/mol. The molecule has 2 aliphatic rings. The summed E-state index contributed by atoms with van der Waals surface area (Å²) >= 11 is 0. The zero-order valence-electron chi connectivity index (χ0n) is 11.3. The molecule has 0 aromatic heterocycles. The lowest BCUT2D eigenvalue weighted by molar-refractivity contribution is 0.233. The monoisotopic (exact) mass is 258 g/mol. The molecule has 0 bridgehead atoms. The van der Waals surface area contributed by atoms with E-state index in [1.165, 1.54) is 31.2 Å². The van der Waals surface area contributed by atoms with Gasteiger partial charge in [0.2, 0.25) is 0 Å². The van der Waals surface area contributed by atoms with Crippen molar-refractivity contribution in [3.8, 4) is 0 Å². The van der Waals surface area contributed by atoms with Crippen molar-refractivity contribution in [2.75, 3.05) is 6.54 Å². The largest absolute Gasteiger partial charge is 0.338 e. The van der Waals surface area contributed by atoms with Crippen LogP contribution in [0.2, 0.25) is 0 Å². The van der Waals surface area contributed by atoms with E-state index in [2.05, 4.69) is 22.8 Å². The van der Waals surface area contributed by atoms with Crippen LogP contribution in [0, 0.1) is 11.8 Å². The fraction of sp³-hybridized carbons (Fsp3) is 0.562. The molecule has 1 aromatic carbocycles. The average molecular weight is 258 g/mol. The smallest absolute Gasteiger partial charge is 0.315 e. The van der Waals surface area contributed by atoms with E-state index in [0.717, 1.165) is 18.3 Å². The molecule has 0 unspecified atom stereocenters. The number of benzene rings is 1. The normalized spacial score (nSPS) is 18.4. The average Bonchev–Trinajstić information content (AvgIpc) is 3.30. The maximum Gasteiger partial charge on any atom is 0.315 e. The van der Waals surface area contributed by atoms with Crippen molar-refractivity contribution in [2.45, 2.75) is 38.1 Å². The van der Waals surface area contributed by atoms with E-state index >= 15 is 0 Å². The first-order valence-corrected chi connectivity index (χ1v) is 7.41. The maximum atomic E-state index is 11.9. The Labute approximate surface area is 114 Å². The Morgan fingerprint density at radius 2 is 1.74 bits per heavy atom. The van der Waals surface area contributed by atoms with Crippen LogP contribution in [0.3, 0.4) is 0 Å². The summed E-state index contributed by atoms with van der Waals surface area (Å²) < 4.78 is 0. The zero-order chi connectivity index (χ0) is 13.1. The van der Waals surface area contributed by atoms with Crippen molar-refractivity contribution in [3.05, 3.63) is 35.9 Å². The minimum absolute atomic E-state index is 0.0136. The lowest BCUT2D eigenvalue weighted by atomic mass is 10.1. The summed E-state index contributed by atoms with van der Waals surface area (Å²) in [5.74, 6) is 1.51. The van der Waals surface area contributed by atoms with Gasteiger partial charge in [0.15, 0.2) is 0 Å². The predicted octanol–water partition coefficient (Wildman–Crippen LogP) is 2.72. The molecule has 0 radical (unpaired) electrons. The standard InChI is InChI=1S/C16H22N2O/c19-16(17-11-10-12-4-2-1-3-5-12)18-15(13-6-7-13)14-8-9-14/h1-5,13-15H,6-11H2,(H2,17,18,19). The zero-order valence-corrected chi connectivity index (χ0v) is 11.3. The molecule has 102 valence electrons. The van der Waals surface area contributed by atoms with Gasteiger partial charge in [0.1, 0.15) is 0 Å². The highest BCUT2D eigenvalue weighted by Crippen LogP contribution is 2.44. The van der Waals surface area contributed by atoms with E-state index in [1.807, 2.05) is 18.2 Å². The van der Waals surface area contributed by atoms with Crippen LogP contribution in [0.4, 0.5) is 4.79 Å². The Kier molecular flexibility index (Phi) is 3.72. The highest BCUT2D eigenvalue weighted by Gasteiger charge is 2.42. The molecular formula is C16H22N2O. The third-order valence-corrected chi connectivity index (χ3v) is 4.10. The third-order valence-electron chi connectivity index (χ3n) is 4.10. The number of amides is 2.